The van der Waals surface area contributed by atoms with Gasteiger partial charge in [-0.2, -0.15) is 0 Å². The number of rotatable bonds is 4. The fourth-order valence-electron chi connectivity index (χ4n) is 3.78. The maximum absolute atomic E-state index is 4.83. The fraction of sp³-hybridized carbons (Fsp3) is 0.750. The van der Waals surface area contributed by atoms with Crippen molar-refractivity contribution in [1.82, 2.24) is 15.3 Å². The first-order valence-electron chi connectivity index (χ1n) is 8.16. The van der Waals surface area contributed by atoms with E-state index in [4.69, 9.17) is 4.98 Å². The van der Waals surface area contributed by atoms with Crippen LogP contribution in [-0.4, -0.2) is 29.1 Å². The Labute approximate surface area is 122 Å². The monoisotopic (exact) mass is 274 g/mol. The highest BCUT2D eigenvalue weighted by molar-refractivity contribution is 5.39. The maximum Gasteiger partial charge on any atom is 0.147 e. The van der Waals surface area contributed by atoms with E-state index in [0.717, 1.165) is 37.1 Å². The minimum atomic E-state index is 0.709. The predicted molar refractivity (Wildman–Crippen MR) is 81.7 cm³/mol. The topological polar surface area (TPSA) is 41.1 Å². The van der Waals surface area contributed by atoms with Crippen LogP contribution in [-0.2, 0) is 6.54 Å². The van der Waals surface area contributed by atoms with E-state index < -0.39 is 0 Å². The van der Waals surface area contributed by atoms with Gasteiger partial charge in [0.25, 0.3) is 0 Å². The molecule has 0 radical (unpaired) electrons. The molecule has 3 rings (SSSR count). The largest absolute Gasteiger partial charge is 0.352 e. The van der Waals surface area contributed by atoms with Crippen molar-refractivity contribution in [1.29, 1.82) is 0 Å². The van der Waals surface area contributed by atoms with Gasteiger partial charge in [-0.15, -0.1) is 0 Å². The third-order valence-electron chi connectivity index (χ3n) is 4.77. The summed E-state index contributed by atoms with van der Waals surface area (Å²) in [5.41, 5.74) is 1.06. The van der Waals surface area contributed by atoms with Gasteiger partial charge in [0.05, 0.1) is 11.9 Å². The quantitative estimate of drug-likeness (QED) is 0.916. The maximum atomic E-state index is 4.83. The molecule has 1 aliphatic heterocycles. The van der Waals surface area contributed by atoms with Gasteiger partial charge < -0.3 is 10.2 Å². The van der Waals surface area contributed by atoms with E-state index in [1.54, 1.807) is 0 Å². The van der Waals surface area contributed by atoms with Crippen molar-refractivity contribution in [2.75, 3.05) is 18.0 Å². The van der Waals surface area contributed by atoms with Gasteiger partial charge in [-0.25, -0.2) is 4.98 Å². The molecule has 0 unspecified atom stereocenters. The third kappa shape index (κ3) is 2.95. The summed E-state index contributed by atoms with van der Waals surface area (Å²) in [7, 11) is 0. The molecule has 4 nitrogen and oxygen atoms in total. The number of anilines is 1. The number of hydrogen-bond donors (Lipinski definition) is 1. The molecular formula is C16H26N4. The Hall–Kier alpha value is -1.16. The minimum Gasteiger partial charge on any atom is -0.352 e. The zero-order valence-corrected chi connectivity index (χ0v) is 12.5. The van der Waals surface area contributed by atoms with E-state index in [2.05, 4.69) is 22.1 Å². The highest BCUT2D eigenvalue weighted by Gasteiger charge is 2.33. The van der Waals surface area contributed by atoms with Gasteiger partial charge >= 0.3 is 0 Å². The van der Waals surface area contributed by atoms with Crippen molar-refractivity contribution < 1.29 is 0 Å². The summed E-state index contributed by atoms with van der Waals surface area (Å²) in [4.78, 5) is 11.8. The highest BCUT2D eigenvalue weighted by Crippen LogP contribution is 2.36. The van der Waals surface area contributed by atoms with Gasteiger partial charge in [-0.1, -0.05) is 19.8 Å². The molecule has 1 N–H and O–H groups in total. The number of fused-ring (bicyclic) bond motifs is 1. The molecule has 0 bridgehead atoms. The van der Waals surface area contributed by atoms with Crippen molar-refractivity contribution in [3.63, 3.8) is 0 Å². The van der Waals surface area contributed by atoms with Crippen LogP contribution in [0.3, 0.4) is 0 Å². The van der Waals surface area contributed by atoms with E-state index in [0.29, 0.717) is 6.04 Å². The van der Waals surface area contributed by atoms with Gasteiger partial charge in [0.1, 0.15) is 5.82 Å². The Kier molecular flexibility index (Phi) is 4.51. The summed E-state index contributed by atoms with van der Waals surface area (Å²) in [6.45, 7) is 5.06. The number of hydrogen-bond acceptors (Lipinski definition) is 4. The van der Waals surface area contributed by atoms with Crippen molar-refractivity contribution in [2.24, 2.45) is 5.92 Å². The standard InChI is InChI=1S/C16H26N4/c1-2-17-10-14-11-18-12-16(19-14)20-9-5-7-13-6-3-4-8-15(13)20/h11-13,15,17H,2-10H2,1H3/t13-,15-/m1/s1. The molecule has 2 aliphatic rings. The Balaban J connectivity index is 1.76. The Morgan fingerprint density at radius 1 is 1.20 bits per heavy atom. The molecule has 0 spiro atoms. The molecular weight excluding hydrogens is 248 g/mol. The highest BCUT2D eigenvalue weighted by atomic mass is 15.2. The van der Waals surface area contributed by atoms with E-state index in [1.807, 2.05) is 12.4 Å². The number of piperidine rings is 1. The molecule has 20 heavy (non-hydrogen) atoms. The summed E-state index contributed by atoms with van der Waals surface area (Å²) in [6, 6.07) is 0.709. The van der Waals surface area contributed by atoms with Crippen LogP contribution in [0.15, 0.2) is 12.4 Å². The molecule has 1 saturated carbocycles. The molecule has 110 valence electrons. The van der Waals surface area contributed by atoms with Crippen LogP contribution >= 0.6 is 0 Å². The molecule has 2 heterocycles. The van der Waals surface area contributed by atoms with Crippen LogP contribution in [0.4, 0.5) is 5.82 Å². The van der Waals surface area contributed by atoms with Crippen LogP contribution in [0.2, 0.25) is 0 Å². The first-order valence-corrected chi connectivity index (χ1v) is 8.16. The molecule has 1 saturated heterocycles. The van der Waals surface area contributed by atoms with E-state index in [-0.39, 0.29) is 0 Å². The first kappa shape index (κ1) is 13.8. The average molecular weight is 274 g/mol. The predicted octanol–water partition coefficient (Wildman–Crippen LogP) is 2.75. The third-order valence-corrected chi connectivity index (χ3v) is 4.77. The lowest BCUT2D eigenvalue weighted by molar-refractivity contribution is 0.242. The molecule has 2 atom stereocenters. The Bertz CT molecular complexity index is 432. The van der Waals surface area contributed by atoms with Crippen LogP contribution in [0.1, 0.15) is 51.1 Å². The normalized spacial score (nSPS) is 26.4. The van der Waals surface area contributed by atoms with Crippen molar-refractivity contribution >= 4 is 5.82 Å². The molecule has 0 aromatic carbocycles. The summed E-state index contributed by atoms with van der Waals surface area (Å²) in [5, 5.41) is 3.33. The zero-order valence-electron chi connectivity index (χ0n) is 12.5. The second-order valence-electron chi connectivity index (χ2n) is 6.10. The van der Waals surface area contributed by atoms with Crippen molar-refractivity contribution in [2.45, 2.75) is 58.0 Å². The molecule has 1 aliphatic carbocycles. The van der Waals surface area contributed by atoms with Crippen LogP contribution in [0, 0.1) is 5.92 Å². The Morgan fingerprint density at radius 2 is 2.05 bits per heavy atom. The van der Waals surface area contributed by atoms with Gasteiger partial charge in [-0.05, 0) is 38.1 Å². The van der Waals surface area contributed by atoms with Gasteiger partial charge in [-0.3, -0.25) is 4.98 Å². The smallest absolute Gasteiger partial charge is 0.147 e. The first-order chi connectivity index (χ1) is 9.88. The summed E-state index contributed by atoms with van der Waals surface area (Å²) in [5.74, 6) is 1.98. The summed E-state index contributed by atoms with van der Waals surface area (Å²) < 4.78 is 0. The van der Waals surface area contributed by atoms with Crippen molar-refractivity contribution in [3.8, 4) is 0 Å². The molecule has 2 fully saturated rings. The fourth-order valence-corrected chi connectivity index (χ4v) is 3.78. The van der Waals surface area contributed by atoms with E-state index in [1.165, 1.54) is 38.5 Å². The molecule has 0 amide bonds. The second kappa shape index (κ2) is 6.53. The van der Waals surface area contributed by atoms with Gasteiger partial charge in [0.2, 0.25) is 0 Å². The zero-order chi connectivity index (χ0) is 13.8. The molecule has 1 aromatic heterocycles. The number of nitrogens with zero attached hydrogens (tertiary/aromatic N) is 3. The van der Waals surface area contributed by atoms with E-state index >= 15 is 0 Å². The molecule has 1 aromatic rings. The number of aromatic nitrogens is 2. The van der Waals surface area contributed by atoms with Gasteiger partial charge in [0, 0.05) is 25.3 Å². The lowest BCUT2D eigenvalue weighted by atomic mass is 9.78. The SMILES string of the molecule is CCNCc1cncc(N2CCC[C@H]3CCCC[C@H]32)n1. The van der Waals surface area contributed by atoms with E-state index in [9.17, 15) is 0 Å². The minimum absolute atomic E-state index is 0.709. The van der Waals surface area contributed by atoms with Crippen LogP contribution in [0.25, 0.3) is 0 Å². The lowest BCUT2D eigenvalue weighted by Gasteiger charge is -2.44. The van der Waals surface area contributed by atoms with Crippen molar-refractivity contribution in [3.05, 3.63) is 18.1 Å². The average Bonchev–Trinajstić information content (AvgIpc) is 2.52. The Morgan fingerprint density at radius 3 is 2.95 bits per heavy atom. The number of nitrogens with one attached hydrogen (secondary N) is 1. The second-order valence-corrected chi connectivity index (χ2v) is 6.10. The summed E-state index contributed by atoms with van der Waals surface area (Å²) in [6.07, 6.45) is 12.1. The van der Waals surface area contributed by atoms with Crippen LogP contribution < -0.4 is 10.2 Å². The van der Waals surface area contributed by atoms with Crippen LogP contribution in [0.5, 0.6) is 0 Å². The lowest BCUT2D eigenvalue weighted by Crippen LogP contribution is -2.47. The summed E-state index contributed by atoms with van der Waals surface area (Å²) >= 11 is 0. The van der Waals surface area contributed by atoms with Gasteiger partial charge in [0.15, 0.2) is 0 Å². The molecule has 4 heteroatoms.